The molecule has 0 aromatic carbocycles. The van der Waals surface area contributed by atoms with Crippen molar-refractivity contribution in [1.29, 1.82) is 0 Å². The van der Waals surface area contributed by atoms with E-state index in [4.69, 9.17) is 0 Å². The van der Waals surface area contributed by atoms with Crippen LogP contribution in [0.25, 0.3) is 0 Å². The molecule has 0 aromatic rings. The van der Waals surface area contributed by atoms with Crippen LogP contribution < -0.4 is 0 Å². The Labute approximate surface area is 60.7 Å². The van der Waals surface area contributed by atoms with Gasteiger partial charge in [-0.2, -0.15) is 0 Å². The Morgan fingerprint density at radius 3 is 2.56 bits per heavy atom. The van der Waals surface area contributed by atoms with E-state index >= 15 is 0 Å². The van der Waals surface area contributed by atoms with E-state index < -0.39 is 0 Å². The summed E-state index contributed by atoms with van der Waals surface area (Å²) in [5.74, 6) is 1.03. The molecule has 0 bridgehead atoms. The molecule has 0 atom stereocenters. The zero-order chi connectivity index (χ0) is 7.11. The van der Waals surface area contributed by atoms with Crippen molar-refractivity contribution < 1.29 is 4.79 Å². The van der Waals surface area contributed by atoms with E-state index in [-0.39, 0.29) is 0 Å². The Hall–Kier alpha value is -0.180. The maximum atomic E-state index is 10.1. The number of carbonyl (C=O) groups excluding carboxylic acids is 1. The summed E-state index contributed by atoms with van der Waals surface area (Å²) in [6.45, 7) is 4.87. The topological polar surface area (TPSA) is 20.3 Å². The molecule has 0 unspecified atom stereocenters. The number of amides is 1. The van der Waals surface area contributed by atoms with E-state index in [0.29, 0.717) is 0 Å². The Balaban J connectivity index is 3.20. The van der Waals surface area contributed by atoms with E-state index in [2.05, 4.69) is 6.92 Å². The molecule has 3 heteroatoms. The molecule has 0 heterocycles. The highest BCUT2D eigenvalue weighted by molar-refractivity contribution is 7.97. The van der Waals surface area contributed by atoms with Gasteiger partial charge >= 0.3 is 0 Å². The summed E-state index contributed by atoms with van der Waals surface area (Å²) in [5, 5.41) is 0. The van der Waals surface area contributed by atoms with Crippen LogP contribution in [-0.4, -0.2) is 23.0 Å². The number of hydrogen-bond acceptors (Lipinski definition) is 2. The second-order valence-corrected chi connectivity index (χ2v) is 2.81. The monoisotopic (exact) mass is 147 g/mol. The summed E-state index contributed by atoms with van der Waals surface area (Å²) in [6.07, 6.45) is 2.00. The molecule has 1 amide bonds. The van der Waals surface area contributed by atoms with Crippen molar-refractivity contribution in [3.05, 3.63) is 0 Å². The van der Waals surface area contributed by atoms with Crippen LogP contribution in [0.1, 0.15) is 20.3 Å². The molecule has 0 aliphatic rings. The normalized spacial score (nSPS) is 9.11. The van der Waals surface area contributed by atoms with Crippen molar-refractivity contribution in [1.82, 2.24) is 4.31 Å². The van der Waals surface area contributed by atoms with E-state index in [0.717, 1.165) is 25.1 Å². The zero-order valence-electron chi connectivity index (χ0n) is 5.96. The minimum absolute atomic E-state index is 0.800. The first kappa shape index (κ1) is 8.82. The average molecular weight is 147 g/mol. The Bertz CT molecular complexity index is 77.5. The highest BCUT2D eigenvalue weighted by atomic mass is 32.2. The van der Waals surface area contributed by atoms with E-state index in [1.165, 1.54) is 0 Å². The van der Waals surface area contributed by atoms with Gasteiger partial charge < -0.3 is 0 Å². The maximum absolute atomic E-state index is 10.1. The first-order chi connectivity index (χ1) is 4.35. The molecular formula is C6H13NOS. The van der Waals surface area contributed by atoms with Crippen LogP contribution in [0.15, 0.2) is 0 Å². The van der Waals surface area contributed by atoms with Crippen LogP contribution in [-0.2, 0) is 4.79 Å². The van der Waals surface area contributed by atoms with Crippen molar-refractivity contribution in [2.75, 3.05) is 12.3 Å². The molecule has 0 aliphatic carbocycles. The first-order valence-corrected chi connectivity index (χ1v) is 4.14. The van der Waals surface area contributed by atoms with Crippen molar-refractivity contribution in [2.45, 2.75) is 20.3 Å². The highest BCUT2D eigenvalue weighted by Gasteiger charge is 1.94. The summed E-state index contributed by atoms with van der Waals surface area (Å²) in [6, 6.07) is 0. The minimum atomic E-state index is 0.800. The maximum Gasteiger partial charge on any atom is 0.219 e. The fourth-order valence-corrected chi connectivity index (χ4v) is 1.07. The van der Waals surface area contributed by atoms with Crippen molar-refractivity contribution in [2.24, 2.45) is 0 Å². The number of carbonyl (C=O) groups is 1. The third-order valence-electron chi connectivity index (χ3n) is 0.890. The largest absolute Gasteiger partial charge is 0.289 e. The molecule has 0 radical (unpaired) electrons. The van der Waals surface area contributed by atoms with Gasteiger partial charge in [-0.15, -0.1) is 0 Å². The highest BCUT2D eigenvalue weighted by Crippen LogP contribution is 2.06. The Morgan fingerprint density at radius 1 is 1.56 bits per heavy atom. The van der Waals surface area contributed by atoms with Crippen LogP contribution in [0.2, 0.25) is 0 Å². The van der Waals surface area contributed by atoms with Gasteiger partial charge in [0.05, 0.1) is 0 Å². The fourth-order valence-electron chi connectivity index (χ4n) is 0.405. The molecule has 2 nitrogen and oxygen atoms in total. The predicted molar refractivity (Wildman–Crippen MR) is 41.2 cm³/mol. The third kappa shape index (κ3) is 4.33. The Morgan fingerprint density at radius 2 is 2.22 bits per heavy atom. The quantitative estimate of drug-likeness (QED) is 0.434. The molecule has 0 N–H and O–H groups in total. The van der Waals surface area contributed by atoms with Crippen molar-refractivity contribution >= 4 is 18.4 Å². The van der Waals surface area contributed by atoms with Crippen LogP contribution in [0.4, 0.5) is 0 Å². The van der Waals surface area contributed by atoms with Crippen LogP contribution in [0, 0.1) is 0 Å². The average Bonchev–Trinajstić information content (AvgIpc) is 1.91. The number of nitrogens with zero attached hydrogens (tertiary/aromatic N) is 1. The third-order valence-corrected chi connectivity index (χ3v) is 2.16. The van der Waals surface area contributed by atoms with Gasteiger partial charge in [-0.1, -0.05) is 6.92 Å². The second-order valence-electron chi connectivity index (χ2n) is 1.67. The Kier molecular flexibility index (Phi) is 5.83. The van der Waals surface area contributed by atoms with E-state index in [9.17, 15) is 4.79 Å². The molecule has 0 spiro atoms. The van der Waals surface area contributed by atoms with Gasteiger partial charge in [-0.05, 0) is 25.3 Å². The van der Waals surface area contributed by atoms with Gasteiger partial charge in [-0.25, -0.2) is 0 Å². The molecule has 0 aromatic heterocycles. The SMILES string of the molecule is CCCSN(C=O)CC. The molecule has 0 saturated heterocycles. The lowest BCUT2D eigenvalue weighted by atomic mass is 10.6. The summed E-state index contributed by atoms with van der Waals surface area (Å²) in [4.78, 5) is 10.1. The lowest BCUT2D eigenvalue weighted by molar-refractivity contribution is -0.113. The summed E-state index contributed by atoms with van der Waals surface area (Å²) in [5.41, 5.74) is 0. The van der Waals surface area contributed by atoms with Crippen molar-refractivity contribution in [3.63, 3.8) is 0 Å². The molecule has 0 saturated carbocycles. The lowest BCUT2D eigenvalue weighted by Crippen LogP contribution is -2.12. The van der Waals surface area contributed by atoms with Gasteiger partial charge in [-0.3, -0.25) is 9.10 Å². The fraction of sp³-hybridized carbons (Fsp3) is 0.833. The first-order valence-electron chi connectivity index (χ1n) is 3.20. The summed E-state index contributed by atoms with van der Waals surface area (Å²) < 4.78 is 1.70. The number of rotatable bonds is 5. The molecule has 54 valence electrons. The second kappa shape index (κ2) is 5.95. The van der Waals surface area contributed by atoms with E-state index in [1.807, 2.05) is 6.92 Å². The lowest BCUT2D eigenvalue weighted by Gasteiger charge is -2.10. The van der Waals surface area contributed by atoms with Gasteiger partial charge in [0.15, 0.2) is 0 Å². The van der Waals surface area contributed by atoms with Crippen molar-refractivity contribution in [3.8, 4) is 0 Å². The molecule has 0 rings (SSSR count). The van der Waals surface area contributed by atoms with Gasteiger partial charge in [0.1, 0.15) is 0 Å². The van der Waals surface area contributed by atoms with Gasteiger partial charge in [0, 0.05) is 12.3 Å². The zero-order valence-corrected chi connectivity index (χ0v) is 6.78. The van der Waals surface area contributed by atoms with Crippen LogP contribution >= 0.6 is 11.9 Å². The summed E-state index contributed by atoms with van der Waals surface area (Å²) in [7, 11) is 0. The molecule has 0 aliphatic heterocycles. The minimum Gasteiger partial charge on any atom is -0.289 e. The van der Waals surface area contributed by atoms with Gasteiger partial charge in [0.2, 0.25) is 6.41 Å². The standard InChI is InChI=1S/C6H13NOS/c1-3-5-9-7(4-2)6-8/h6H,3-5H2,1-2H3. The molecule has 0 fully saturated rings. The predicted octanol–water partition coefficient (Wildman–Crippen LogP) is 1.52. The smallest absolute Gasteiger partial charge is 0.219 e. The van der Waals surface area contributed by atoms with E-state index in [1.54, 1.807) is 16.3 Å². The summed E-state index contributed by atoms with van der Waals surface area (Å²) >= 11 is 1.59. The molecular weight excluding hydrogens is 134 g/mol. The van der Waals surface area contributed by atoms with Gasteiger partial charge in [0.25, 0.3) is 0 Å². The number of hydrogen-bond donors (Lipinski definition) is 0. The van der Waals surface area contributed by atoms with Crippen LogP contribution in [0.5, 0.6) is 0 Å². The molecule has 9 heavy (non-hydrogen) atoms. The van der Waals surface area contributed by atoms with Crippen LogP contribution in [0.3, 0.4) is 0 Å².